The van der Waals surface area contributed by atoms with Gasteiger partial charge in [0.05, 0.1) is 5.69 Å². The summed E-state index contributed by atoms with van der Waals surface area (Å²) in [5.74, 6) is 0.533. The smallest absolute Gasteiger partial charge is 0.132 e. The van der Waals surface area contributed by atoms with Gasteiger partial charge in [0.2, 0.25) is 0 Å². The first kappa shape index (κ1) is 7.79. The van der Waals surface area contributed by atoms with Crippen LogP contribution in [0.2, 0.25) is 0 Å². The molecule has 2 N–H and O–H groups in total. The summed E-state index contributed by atoms with van der Waals surface area (Å²) >= 11 is 0. The first-order valence-corrected chi connectivity index (χ1v) is 3.98. The summed E-state index contributed by atoms with van der Waals surface area (Å²) in [5.41, 5.74) is 7.62. The summed E-state index contributed by atoms with van der Waals surface area (Å²) in [4.78, 5) is 4.01. The predicted octanol–water partition coefficient (Wildman–Crippen LogP) is 1.06. The van der Waals surface area contributed by atoms with Crippen molar-refractivity contribution in [3.63, 3.8) is 0 Å². The monoisotopic (exact) mass is 174 g/mol. The number of aryl methyl sites for hydroxylation is 1. The molecule has 0 bridgehead atoms. The van der Waals surface area contributed by atoms with Crippen LogP contribution in [0.5, 0.6) is 0 Å². The van der Waals surface area contributed by atoms with Gasteiger partial charge in [-0.25, -0.2) is 4.98 Å². The Balaban J connectivity index is 2.59. The molecule has 0 atom stereocenters. The van der Waals surface area contributed by atoms with Crippen LogP contribution < -0.4 is 5.73 Å². The molecule has 2 heterocycles. The van der Waals surface area contributed by atoms with Gasteiger partial charge in [-0.1, -0.05) is 0 Å². The van der Waals surface area contributed by atoms with Gasteiger partial charge in [-0.05, 0) is 18.2 Å². The molecule has 0 radical (unpaired) electrons. The predicted molar refractivity (Wildman–Crippen MR) is 50.9 cm³/mol. The molecule has 0 saturated heterocycles. The lowest BCUT2D eigenvalue weighted by molar-refractivity contribution is 0.776. The van der Waals surface area contributed by atoms with Crippen LogP contribution >= 0.6 is 0 Å². The second-order valence-corrected chi connectivity index (χ2v) is 2.78. The highest BCUT2D eigenvalue weighted by Gasteiger charge is 2.05. The third-order valence-electron chi connectivity index (χ3n) is 1.94. The van der Waals surface area contributed by atoms with Crippen molar-refractivity contribution in [1.82, 2.24) is 14.8 Å². The highest BCUT2D eigenvalue weighted by Crippen LogP contribution is 2.21. The molecule has 0 aromatic carbocycles. The standard InChI is InChI=1S/C9H10N4/c1-13-8(4-6-12-13)7-3-2-5-11-9(7)10/h2-6H,1H3,(H2,10,11). The zero-order chi connectivity index (χ0) is 9.26. The van der Waals surface area contributed by atoms with E-state index in [0.29, 0.717) is 5.82 Å². The van der Waals surface area contributed by atoms with Crippen LogP contribution in [0.15, 0.2) is 30.6 Å². The van der Waals surface area contributed by atoms with E-state index < -0.39 is 0 Å². The molecule has 0 unspecified atom stereocenters. The van der Waals surface area contributed by atoms with Crippen molar-refractivity contribution in [2.24, 2.45) is 7.05 Å². The fourth-order valence-corrected chi connectivity index (χ4v) is 1.27. The zero-order valence-electron chi connectivity index (χ0n) is 7.31. The summed E-state index contributed by atoms with van der Waals surface area (Å²) in [7, 11) is 1.88. The number of nitrogens with zero attached hydrogens (tertiary/aromatic N) is 3. The fraction of sp³-hybridized carbons (Fsp3) is 0.111. The van der Waals surface area contributed by atoms with Gasteiger partial charge in [-0.2, -0.15) is 5.10 Å². The highest BCUT2D eigenvalue weighted by atomic mass is 15.3. The largest absolute Gasteiger partial charge is 0.383 e. The summed E-state index contributed by atoms with van der Waals surface area (Å²) in [6, 6.07) is 5.70. The molecule has 0 aliphatic rings. The molecule has 13 heavy (non-hydrogen) atoms. The van der Waals surface area contributed by atoms with Crippen LogP contribution in [-0.4, -0.2) is 14.8 Å². The van der Waals surface area contributed by atoms with Crippen molar-refractivity contribution in [3.05, 3.63) is 30.6 Å². The SMILES string of the molecule is Cn1nccc1-c1cccnc1N. The van der Waals surface area contributed by atoms with E-state index in [4.69, 9.17) is 5.73 Å². The number of rotatable bonds is 1. The lowest BCUT2D eigenvalue weighted by Crippen LogP contribution is -1.98. The van der Waals surface area contributed by atoms with Crippen molar-refractivity contribution < 1.29 is 0 Å². The van der Waals surface area contributed by atoms with Gasteiger partial charge in [0.25, 0.3) is 0 Å². The first-order valence-electron chi connectivity index (χ1n) is 3.98. The average Bonchev–Trinajstić information content (AvgIpc) is 2.52. The Morgan fingerprint density at radius 2 is 2.15 bits per heavy atom. The lowest BCUT2D eigenvalue weighted by Gasteiger charge is -2.03. The Morgan fingerprint density at radius 1 is 1.31 bits per heavy atom. The van der Waals surface area contributed by atoms with E-state index >= 15 is 0 Å². The van der Waals surface area contributed by atoms with E-state index in [2.05, 4.69) is 10.1 Å². The van der Waals surface area contributed by atoms with E-state index in [9.17, 15) is 0 Å². The second-order valence-electron chi connectivity index (χ2n) is 2.78. The van der Waals surface area contributed by atoms with E-state index in [1.807, 2.05) is 25.2 Å². The van der Waals surface area contributed by atoms with Crippen molar-refractivity contribution >= 4 is 5.82 Å². The number of hydrogen-bond donors (Lipinski definition) is 1. The quantitative estimate of drug-likeness (QED) is 0.703. The number of aromatic nitrogens is 3. The van der Waals surface area contributed by atoms with Gasteiger partial charge in [-0.15, -0.1) is 0 Å². The summed E-state index contributed by atoms with van der Waals surface area (Å²) in [6.45, 7) is 0. The number of anilines is 1. The summed E-state index contributed by atoms with van der Waals surface area (Å²) in [6.07, 6.45) is 3.41. The molecule has 2 rings (SSSR count). The van der Waals surface area contributed by atoms with Crippen LogP contribution in [0.4, 0.5) is 5.82 Å². The molecule has 4 nitrogen and oxygen atoms in total. The van der Waals surface area contributed by atoms with Gasteiger partial charge < -0.3 is 5.73 Å². The minimum atomic E-state index is 0.533. The Labute approximate surface area is 76.0 Å². The first-order chi connectivity index (χ1) is 6.29. The van der Waals surface area contributed by atoms with Gasteiger partial charge in [0.15, 0.2) is 0 Å². The molecular formula is C9H10N4. The maximum absolute atomic E-state index is 5.73. The molecule has 0 fully saturated rings. The molecule has 0 aliphatic heterocycles. The minimum absolute atomic E-state index is 0.533. The molecule has 4 heteroatoms. The van der Waals surface area contributed by atoms with Gasteiger partial charge in [0, 0.05) is 25.0 Å². The third-order valence-corrected chi connectivity index (χ3v) is 1.94. The molecule has 0 amide bonds. The lowest BCUT2D eigenvalue weighted by atomic mass is 10.2. The topological polar surface area (TPSA) is 56.7 Å². The molecule has 2 aromatic rings. The average molecular weight is 174 g/mol. The number of nitrogen functional groups attached to an aromatic ring is 1. The third kappa shape index (κ3) is 1.26. The van der Waals surface area contributed by atoms with Crippen molar-refractivity contribution in [2.45, 2.75) is 0 Å². The van der Waals surface area contributed by atoms with Crippen LogP contribution in [0.25, 0.3) is 11.3 Å². The Bertz CT molecular complexity index is 419. The Kier molecular flexibility index (Phi) is 1.73. The van der Waals surface area contributed by atoms with Crippen LogP contribution in [0.3, 0.4) is 0 Å². The van der Waals surface area contributed by atoms with E-state index in [-0.39, 0.29) is 0 Å². The van der Waals surface area contributed by atoms with Crippen LogP contribution in [0, 0.1) is 0 Å². The number of hydrogen-bond acceptors (Lipinski definition) is 3. The maximum Gasteiger partial charge on any atom is 0.132 e. The molecule has 0 aliphatic carbocycles. The van der Waals surface area contributed by atoms with Gasteiger partial charge >= 0.3 is 0 Å². The number of nitrogens with two attached hydrogens (primary N) is 1. The summed E-state index contributed by atoms with van der Waals surface area (Å²) in [5, 5.41) is 4.07. The van der Waals surface area contributed by atoms with E-state index in [1.54, 1.807) is 17.1 Å². The molecule has 0 saturated carbocycles. The van der Waals surface area contributed by atoms with Crippen molar-refractivity contribution in [2.75, 3.05) is 5.73 Å². The zero-order valence-corrected chi connectivity index (χ0v) is 7.31. The van der Waals surface area contributed by atoms with E-state index in [1.165, 1.54) is 0 Å². The highest BCUT2D eigenvalue weighted by molar-refractivity contribution is 5.70. The fourth-order valence-electron chi connectivity index (χ4n) is 1.27. The summed E-state index contributed by atoms with van der Waals surface area (Å²) < 4.78 is 1.77. The molecule has 2 aromatic heterocycles. The maximum atomic E-state index is 5.73. The molecule has 0 spiro atoms. The number of pyridine rings is 1. The minimum Gasteiger partial charge on any atom is -0.383 e. The van der Waals surface area contributed by atoms with Gasteiger partial charge in [0.1, 0.15) is 5.82 Å². The van der Waals surface area contributed by atoms with Crippen molar-refractivity contribution in [3.8, 4) is 11.3 Å². The Hall–Kier alpha value is -1.84. The second kappa shape index (κ2) is 2.90. The Morgan fingerprint density at radius 3 is 2.77 bits per heavy atom. The molecular weight excluding hydrogens is 164 g/mol. The van der Waals surface area contributed by atoms with Crippen LogP contribution in [-0.2, 0) is 7.05 Å². The van der Waals surface area contributed by atoms with Crippen LogP contribution in [0.1, 0.15) is 0 Å². The van der Waals surface area contributed by atoms with Gasteiger partial charge in [-0.3, -0.25) is 4.68 Å². The normalized spacial score (nSPS) is 10.2. The van der Waals surface area contributed by atoms with Crippen molar-refractivity contribution in [1.29, 1.82) is 0 Å². The molecule has 66 valence electrons. The van der Waals surface area contributed by atoms with E-state index in [0.717, 1.165) is 11.3 Å².